The fourth-order valence-electron chi connectivity index (χ4n) is 3.88. The van der Waals surface area contributed by atoms with Crippen LogP contribution in [0.4, 0.5) is 0 Å². The van der Waals surface area contributed by atoms with Crippen molar-refractivity contribution in [2.75, 3.05) is 19.7 Å². The minimum atomic E-state index is 0.202. The molecule has 0 unspecified atom stereocenters. The number of halogens is 1. The van der Waals surface area contributed by atoms with E-state index in [1.807, 2.05) is 24.1 Å². The van der Waals surface area contributed by atoms with Crippen LogP contribution in [0, 0.1) is 5.92 Å². The lowest BCUT2D eigenvalue weighted by Crippen LogP contribution is -2.40. The average Bonchev–Trinajstić information content (AvgIpc) is 3.03. The Balaban J connectivity index is 1.31. The fraction of sp³-hybridized carbons (Fsp3) is 0.364. The summed E-state index contributed by atoms with van der Waals surface area (Å²) < 4.78 is 7.93. The Hall–Kier alpha value is -2.53. The molecule has 1 fully saturated rings. The van der Waals surface area contributed by atoms with Crippen molar-refractivity contribution in [3.63, 3.8) is 0 Å². The molecule has 1 aromatic carbocycles. The number of aromatic nitrogens is 2. The van der Waals surface area contributed by atoms with E-state index in [2.05, 4.69) is 27.9 Å². The van der Waals surface area contributed by atoms with E-state index in [0.29, 0.717) is 29.7 Å². The van der Waals surface area contributed by atoms with Gasteiger partial charge in [0, 0.05) is 55.7 Å². The Morgan fingerprint density at radius 1 is 1.25 bits per heavy atom. The van der Waals surface area contributed by atoms with E-state index in [9.17, 15) is 4.79 Å². The molecule has 0 atom stereocenters. The third kappa shape index (κ3) is 3.99. The van der Waals surface area contributed by atoms with E-state index in [0.717, 1.165) is 42.4 Å². The summed E-state index contributed by atoms with van der Waals surface area (Å²) in [4.78, 5) is 18.8. The minimum Gasteiger partial charge on any atom is -0.492 e. The summed E-state index contributed by atoms with van der Waals surface area (Å²) in [6.45, 7) is 2.18. The van der Waals surface area contributed by atoms with Crippen LogP contribution >= 0.6 is 11.6 Å². The summed E-state index contributed by atoms with van der Waals surface area (Å²) in [6, 6.07) is 10.0. The van der Waals surface area contributed by atoms with Crippen LogP contribution in [-0.4, -0.2) is 40.1 Å². The number of aryl methyl sites for hydroxylation is 1. The predicted octanol–water partition coefficient (Wildman–Crippen LogP) is 4.09. The lowest BCUT2D eigenvalue weighted by atomic mass is 9.97. The highest BCUT2D eigenvalue weighted by atomic mass is 35.5. The van der Waals surface area contributed by atoms with Gasteiger partial charge < -0.3 is 14.2 Å². The third-order valence-corrected chi connectivity index (χ3v) is 5.78. The highest BCUT2D eigenvalue weighted by Gasteiger charge is 2.24. The van der Waals surface area contributed by atoms with Crippen molar-refractivity contribution >= 4 is 28.4 Å². The van der Waals surface area contributed by atoms with Crippen LogP contribution in [0.1, 0.15) is 18.4 Å². The first-order valence-corrected chi connectivity index (χ1v) is 10.0. The molecule has 1 saturated heterocycles. The van der Waals surface area contributed by atoms with Crippen molar-refractivity contribution in [1.29, 1.82) is 0 Å². The zero-order valence-corrected chi connectivity index (χ0v) is 16.7. The second-order valence-corrected chi connectivity index (χ2v) is 7.81. The number of ether oxygens (including phenoxy) is 1. The standard InChI is InChI=1S/C22H24ClN3O2/c1-25-14-17(18-4-2-3-5-20(18)25)12-22(27)26-10-7-16(8-11-26)15-28-21-6-9-24-13-19(21)23/h2-6,9,13-14,16H,7-8,10-12,15H2,1H3. The Bertz CT molecular complexity index is 977. The van der Waals surface area contributed by atoms with Gasteiger partial charge in [0.05, 0.1) is 13.0 Å². The van der Waals surface area contributed by atoms with Gasteiger partial charge in [0.1, 0.15) is 10.8 Å². The number of carbonyl (C=O) groups is 1. The molecule has 0 N–H and O–H groups in total. The van der Waals surface area contributed by atoms with Crippen molar-refractivity contribution in [2.24, 2.45) is 13.0 Å². The van der Waals surface area contributed by atoms with E-state index in [-0.39, 0.29) is 5.91 Å². The number of benzene rings is 1. The lowest BCUT2D eigenvalue weighted by molar-refractivity contribution is -0.132. The second kappa shape index (κ2) is 8.23. The van der Waals surface area contributed by atoms with Crippen LogP contribution in [0.15, 0.2) is 48.9 Å². The van der Waals surface area contributed by atoms with Gasteiger partial charge in [-0.25, -0.2) is 0 Å². The SMILES string of the molecule is Cn1cc(CC(=O)N2CCC(COc3ccncc3Cl)CC2)c2ccccc21. The number of hydrogen-bond acceptors (Lipinski definition) is 3. The molecule has 3 aromatic rings. The quantitative estimate of drug-likeness (QED) is 0.651. The molecular weight excluding hydrogens is 374 g/mol. The van der Waals surface area contributed by atoms with Gasteiger partial charge in [0.25, 0.3) is 0 Å². The number of piperidine rings is 1. The minimum absolute atomic E-state index is 0.202. The molecular formula is C22H24ClN3O2. The number of pyridine rings is 1. The molecule has 1 aliphatic rings. The zero-order valence-electron chi connectivity index (χ0n) is 16.0. The van der Waals surface area contributed by atoms with Gasteiger partial charge in [-0.3, -0.25) is 9.78 Å². The predicted molar refractivity (Wildman–Crippen MR) is 111 cm³/mol. The molecule has 146 valence electrons. The van der Waals surface area contributed by atoms with E-state index in [1.165, 1.54) is 0 Å². The van der Waals surface area contributed by atoms with Crippen LogP contribution in [0.3, 0.4) is 0 Å². The van der Waals surface area contributed by atoms with Gasteiger partial charge in [0.2, 0.25) is 5.91 Å². The van der Waals surface area contributed by atoms with Crippen LogP contribution in [0.25, 0.3) is 10.9 Å². The Labute approximate surface area is 169 Å². The number of fused-ring (bicyclic) bond motifs is 1. The fourth-order valence-corrected chi connectivity index (χ4v) is 4.05. The van der Waals surface area contributed by atoms with Crippen LogP contribution < -0.4 is 4.74 Å². The van der Waals surface area contributed by atoms with E-state index >= 15 is 0 Å². The number of amides is 1. The van der Waals surface area contributed by atoms with Crippen LogP contribution in [0.5, 0.6) is 5.75 Å². The Morgan fingerprint density at radius 2 is 2.04 bits per heavy atom. The first-order chi connectivity index (χ1) is 13.6. The van der Waals surface area contributed by atoms with Crippen molar-refractivity contribution in [3.8, 4) is 5.75 Å². The molecule has 0 saturated carbocycles. The maximum atomic E-state index is 12.8. The summed E-state index contributed by atoms with van der Waals surface area (Å²) >= 11 is 6.08. The van der Waals surface area contributed by atoms with Gasteiger partial charge in [-0.2, -0.15) is 0 Å². The first-order valence-electron chi connectivity index (χ1n) is 9.65. The molecule has 0 bridgehead atoms. The highest BCUT2D eigenvalue weighted by molar-refractivity contribution is 6.31. The second-order valence-electron chi connectivity index (χ2n) is 7.40. The van der Waals surface area contributed by atoms with Gasteiger partial charge in [0.15, 0.2) is 0 Å². The highest BCUT2D eigenvalue weighted by Crippen LogP contribution is 2.26. The number of nitrogens with zero attached hydrogens (tertiary/aromatic N) is 3. The molecule has 0 spiro atoms. The largest absolute Gasteiger partial charge is 0.492 e. The first kappa shape index (κ1) is 18.8. The summed E-state index contributed by atoms with van der Waals surface area (Å²) in [5, 5.41) is 1.70. The maximum absolute atomic E-state index is 12.8. The smallest absolute Gasteiger partial charge is 0.227 e. The molecule has 0 aliphatic carbocycles. The molecule has 3 heterocycles. The Morgan fingerprint density at radius 3 is 2.82 bits per heavy atom. The molecule has 1 amide bonds. The van der Waals surface area contributed by atoms with Gasteiger partial charge >= 0.3 is 0 Å². The van der Waals surface area contributed by atoms with Crippen molar-refractivity contribution in [3.05, 3.63) is 59.5 Å². The molecule has 1 aliphatic heterocycles. The van der Waals surface area contributed by atoms with Crippen LogP contribution in [-0.2, 0) is 18.3 Å². The molecule has 5 nitrogen and oxygen atoms in total. The van der Waals surface area contributed by atoms with Crippen molar-refractivity contribution in [1.82, 2.24) is 14.5 Å². The molecule has 6 heteroatoms. The van der Waals surface area contributed by atoms with Crippen molar-refractivity contribution < 1.29 is 9.53 Å². The number of para-hydroxylation sites is 1. The molecule has 4 rings (SSSR count). The molecule has 28 heavy (non-hydrogen) atoms. The molecule has 2 aromatic heterocycles. The number of hydrogen-bond donors (Lipinski definition) is 0. The molecule has 0 radical (unpaired) electrons. The lowest BCUT2D eigenvalue weighted by Gasteiger charge is -2.32. The number of rotatable bonds is 5. The van der Waals surface area contributed by atoms with Crippen LogP contribution in [0.2, 0.25) is 5.02 Å². The summed E-state index contributed by atoms with van der Waals surface area (Å²) in [5.74, 6) is 1.31. The monoisotopic (exact) mass is 397 g/mol. The number of carbonyl (C=O) groups excluding carboxylic acids is 1. The summed E-state index contributed by atoms with van der Waals surface area (Å²) in [5.41, 5.74) is 2.26. The van der Waals surface area contributed by atoms with Gasteiger partial charge in [-0.15, -0.1) is 0 Å². The average molecular weight is 398 g/mol. The number of likely N-dealkylation sites (tertiary alicyclic amines) is 1. The summed E-state index contributed by atoms with van der Waals surface area (Å²) in [7, 11) is 2.02. The third-order valence-electron chi connectivity index (χ3n) is 5.50. The maximum Gasteiger partial charge on any atom is 0.227 e. The normalized spacial score (nSPS) is 15.1. The van der Waals surface area contributed by atoms with Crippen molar-refractivity contribution in [2.45, 2.75) is 19.3 Å². The van der Waals surface area contributed by atoms with E-state index in [1.54, 1.807) is 18.5 Å². The summed E-state index contributed by atoms with van der Waals surface area (Å²) in [6.07, 6.45) is 7.69. The van der Waals surface area contributed by atoms with E-state index < -0.39 is 0 Å². The van der Waals surface area contributed by atoms with Gasteiger partial charge in [-0.1, -0.05) is 29.8 Å². The Kier molecular flexibility index (Phi) is 5.53. The van der Waals surface area contributed by atoms with Gasteiger partial charge in [-0.05, 0) is 30.4 Å². The zero-order chi connectivity index (χ0) is 19.5. The topological polar surface area (TPSA) is 47.4 Å². The van der Waals surface area contributed by atoms with E-state index in [4.69, 9.17) is 16.3 Å².